The molecule has 5 rings (SSSR count). The van der Waals surface area contributed by atoms with Crippen LogP contribution in [-0.2, 0) is 14.6 Å². The number of hydrogen-bond acceptors (Lipinski definition) is 11. The minimum absolute atomic E-state index is 0.114. The Morgan fingerprint density at radius 1 is 1.12 bits per heavy atom. The fourth-order valence-corrected chi connectivity index (χ4v) is 5.17. The van der Waals surface area contributed by atoms with Gasteiger partial charge in [-0.25, -0.2) is 23.4 Å². The van der Waals surface area contributed by atoms with Gasteiger partial charge in [-0.1, -0.05) is 0 Å². The predicted octanol–water partition coefficient (Wildman–Crippen LogP) is 3.16. The monoisotopic (exact) mass is 568 g/mol. The van der Waals surface area contributed by atoms with E-state index in [1.807, 2.05) is 18.7 Å². The van der Waals surface area contributed by atoms with Gasteiger partial charge in [0.2, 0.25) is 5.91 Å². The molecule has 0 aromatic carbocycles. The summed E-state index contributed by atoms with van der Waals surface area (Å²) in [4.78, 5) is 27.0. The van der Waals surface area contributed by atoms with Crippen molar-refractivity contribution < 1.29 is 27.8 Å². The van der Waals surface area contributed by atoms with Gasteiger partial charge in [-0.05, 0) is 45.4 Å². The van der Waals surface area contributed by atoms with Crippen LogP contribution in [0.4, 0.5) is 23.0 Å². The summed E-state index contributed by atoms with van der Waals surface area (Å²) in [6.07, 6.45) is 3.19. The summed E-state index contributed by atoms with van der Waals surface area (Å²) >= 11 is 0. The quantitative estimate of drug-likeness (QED) is 0.401. The van der Waals surface area contributed by atoms with Crippen LogP contribution < -0.4 is 25.0 Å². The molecule has 40 heavy (non-hydrogen) atoms. The zero-order chi connectivity index (χ0) is 28.9. The number of aromatic nitrogens is 3. The fourth-order valence-electron chi connectivity index (χ4n) is 4.57. The first-order valence-corrected chi connectivity index (χ1v) is 14.6. The number of nitrogens with one attached hydrogen (secondary N) is 2. The maximum absolute atomic E-state index is 12.5. The molecule has 212 valence electrons. The molecule has 3 aromatic heterocycles. The maximum Gasteiger partial charge on any atom is 0.257 e. The number of hydrogen-bond donors (Lipinski definition) is 3. The second-order valence-electron chi connectivity index (χ2n) is 11.1. The maximum atomic E-state index is 12.5. The zero-order valence-electron chi connectivity index (χ0n) is 23.0. The smallest absolute Gasteiger partial charge is 0.257 e. The highest BCUT2D eigenvalue weighted by Gasteiger charge is 2.32. The Labute approximate surface area is 232 Å². The molecule has 0 spiro atoms. The van der Waals surface area contributed by atoms with E-state index < -0.39 is 21.0 Å². The van der Waals surface area contributed by atoms with E-state index in [1.54, 1.807) is 37.4 Å². The van der Waals surface area contributed by atoms with Crippen LogP contribution in [0.5, 0.6) is 11.6 Å². The Bertz CT molecular complexity index is 1590. The summed E-state index contributed by atoms with van der Waals surface area (Å²) < 4.78 is 36.9. The van der Waals surface area contributed by atoms with Crippen molar-refractivity contribution in [3.8, 4) is 22.9 Å². The number of β-amino-alcohol motifs (C(OH)–C–C–N with tert-alkyl or cyclic N) is 1. The number of carbonyl (C=O) groups excluding carboxylic acids is 1. The molecule has 2 aliphatic heterocycles. The largest absolute Gasteiger partial charge is 0.479 e. The Kier molecular flexibility index (Phi) is 6.83. The van der Waals surface area contributed by atoms with Crippen molar-refractivity contribution >= 4 is 38.8 Å². The number of anilines is 4. The average molecular weight is 569 g/mol. The number of fused-ring (bicyclic) bond motifs is 1. The molecule has 1 fully saturated rings. The Morgan fingerprint density at radius 2 is 1.90 bits per heavy atom. The summed E-state index contributed by atoms with van der Waals surface area (Å²) in [5.41, 5.74) is 0.784. The van der Waals surface area contributed by atoms with E-state index in [0.29, 0.717) is 60.4 Å². The van der Waals surface area contributed by atoms with Crippen LogP contribution in [0.15, 0.2) is 41.6 Å². The number of ether oxygens (including phenoxy) is 2. The van der Waals surface area contributed by atoms with Crippen molar-refractivity contribution in [2.24, 2.45) is 0 Å². The molecule has 3 aromatic rings. The number of nitrogens with zero attached hydrogens (tertiary/aromatic N) is 4. The lowest BCUT2D eigenvalue weighted by Gasteiger charge is -2.31. The van der Waals surface area contributed by atoms with Crippen molar-refractivity contribution in [3.05, 3.63) is 36.5 Å². The van der Waals surface area contributed by atoms with Crippen molar-refractivity contribution in [2.45, 2.75) is 50.3 Å². The SMILES string of the molecule is CC(=O)Nc1cc(Nc2cc(N3CCC(C)(O)C3)cc(S(C)(=O)=O)n2)c(-c2ccc3c(n2)OCC(C)(C)O3)cn1. The Balaban J connectivity index is 1.57. The summed E-state index contributed by atoms with van der Waals surface area (Å²) in [5.74, 6) is 1.10. The van der Waals surface area contributed by atoms with Crippen LogP contribution in [-0.4, -0.2) is 71.5 Å². The lowest BCUT2D eigenvalue weighted by atomic mass is 10.1. The standard InChI is InChI=1S/C27H32N6O6S/c1-16(34)29-22-12-20(18(13-28-22)19-6-7-21-25(31-19)38-15-26(2,3)39-21)30-23-10-17(11-24(32-23)40(5,36)37)33-9-8-27(4,35)14-33/h6-7,10-13,35H,8-9,14-15H2,1-5H3,(H2,28,29,30,32,34). The Morgan fingerprint density at radius 3 is 2.58 bits per heavy atom. The van der Waals surface area contributed by atoms with Crippen LogP contribution in [0.3, 0.4) is 0 Å². The molecular formula is C27H32N6O6S. The second-order valence-corrected chi connectivity index (χ2v) is 13.0. The summed E-state index contributed by atoms with van der Waals surface area (Å²) in [6, 6.07) is 8.37. The van der Waals surface area contributed by atoms with Crippen molar-refractivity contribution in [1.82, 2.24) is 15.0 Å². The predicted molar refractivity (Wildman–Crippen MR) is 150 cm³/mol. The average Bonchev–Trinajstić information content (AvgIpc) is 3.22. The van der Waals surface area contributed by atoms with Gasteiger partial charge in [0.15, 0.2) is 20.6 Å². The van der Waals surface area contributed by atoms with E-state index in [0.717, 1.165) is 6.26 Å². The number of sulfone groups is 1. The van der Waals surface area contributed by atoms with E-state index in [-0.39, 0.29) is 22.6 Å². The lowest BCUT2D eigenvalue weighted by Crippen LogP contribution is -2.39. The molecule has 1 saturated heterocycles. The van der Waals surface area contributed by atoms with Crippen molar-refractivity contribution in [1.29, 1.82) is 0 Å². The first-order valence-electron chi connectivity index (χ1n) is 12.7. The first-order chi connectivity index (χ1) is 18.7. The van der Waals surface area contributed by atoms with Crippen LogP contribution in [0.1, 0.15) is 34.1 Å². The highest BCUT2D eigenvalue weighted by molar-refractivity contribution is 7.90. The first kappa shape index (κ1) is 27.6. The molecule has 0 bridgehead atoms. The molecule has 0 radical (unpaired) electrons. The molecular weight excluding hydrogens is 536 g/mol. The minimum atomic E-state index is -3.66. The van der Waals surface area contributed by atoms with Crippen LogP contribution >= 0.6 is 0 Å². The molecule has 0 saturated carbocycles. The topological polar surface area (TPSA) is 156 Å². The van der Waals surface area contributed by atoms with Gasteiger partial charge in [0, 0.05) is 55.8 Å². The van der Waals surface area contributed by atoms with Crippen LogP contribution in [0, 0.1) is 0 Å². The van der Waals surface area contributed by atoms with Crippen LogP contribution in [0.2, 0.25) is 0 Å². The van der Waals surface area contributed by atoms with Crippen LogP contribution in [0.25, 0.3) is 11.3 Å². The molecule has 1 atom stereocenters. The molecule has 1 amide bonds. The van der Waals surface area contributed by atoms with Gasteiger partial charge in [0.05, 0.1) is 17.0 Å². The molecule has 3 N–H and O–H groups in total. The highest BCUT2D eigenvalue weighted by atomic mass is 32.2. The van der Waals surface area contributed by atoms with E-state index >= 15 is 0 Å². The molecule has 13 heteroatoms. The third-order valence-electron chi connectivity index (χ3n) is 6.50. The van der Waals surface area contributed by atoms with E-state index in [2.05, 4.69) is 25.6 Å². The third-order valence-corrected chi connectivity index (χ3v) is 7.47. The summed E-state index contributed by atoms with van der Waals surface area (Å²) in [5, 5.41) is 16.2. The number of amides is 1. The van der Waals surface area contributed by atoms with Gasteiger partial charge in [-0.15, -0.1) is 0 Å². The van der Waals surface area contributed by atoms with Gasteiger partial charge in [0.25, 0.3) is 5.88 Å². The highest BCUT2D eigenvalue weighted by Crippen LogP contribution is 2.38. The molecule has 0 aliphatic carbocycles. The zero-order valence-corrected chi connectivity index (χ0v) is 23.8. The normalized spacial score (nSPS) is 19.8. The van der Waals surface area contributed by atoms with Gasteiger partial charge < -0.3 is 30.1 Å². The molecule has 1 unspecified atom stereocenters. The number of pyridine rings is 3. The van der Waals surface area contributed by atoms with Crippen molar-refractivity contribution in [2.75, 3.05) is 41.5 Å². The second kappa shape index (κ2) is 9.89. The molecule has 12 nitrogen and oxygen atoms in total. The molecule has 2 aliphatic rings. The van der Waals surface area contributed by atoms with Gasteiger partial charge >= 0.3 is 0 Å². The van der Waals surface area contributed by atoms with Crippen molar-refractivity contribution in [3.63, 3.8) is 0 Å². The Hall–Kier alpha value is -3.97. The summed E-state index contributed by atoms with van der Waals surface area (Å²) in [7, 11) is -3.66. The number of aliphatic hydroxyl groups is 1. The van der Waals surface area contributed by atoms with Gasteiger partial charge in [0.1, 0.15) is 23.8 Å². The van der Waals surface area contributed by atoms with E-state index in [9.17, 15) is 18.3 Å². The van der Waals surface area contributed by atoms with Gasteiger partial charge in [-0.3, -0.25) is 4.79 Å². The van der Waals surface area contributed by atoms with Gasteiger partial charge in [-0.2, -0.15) is 0 Å². The fraction of sp³-hybridized carbons (Fsp3) is 0.407. The number of rotatable bonds is 6. The van der Waals surface area contributed by atoms with E-state index in [1.165, 1.54) is 13.0 Å². The minimum Gasteiger partial charge on any atom is -0.479 e. The third kappa shape index (κ3) is 6.10. The van der Waals surface area contributed by atoms with E-state index in [4.69, 9.17) is 9.47 Å². The number of carbonyl (C=O) groups is 1. The lowest BCUT2D eigenvalue weighted by molar-refractivity contribution is -0.114. The molecule has 5 heterocycles. The summed E-state index contributed by atoms with van der Waals surface area (Å²) in [6.45, 7) is 8.21.